The Bertz CT molecular complexity index is 1540. The van der Waals surface area contributed by atoms with Gasteiger partial charge in [-0.05, 0) is 74.2 Å². The van der Waals surface area contributed by atoms with E-state index in [0.29, 0.717) is 57.4 Å². The molecule has 1 fully saturated rings. The molecule has 0 atom stereocenters. The molecule has 3 aromatic rings. The maximum Gasteiger partial charge on any atom is 0.410 e. The van der Waals surface area contributed by atoms with Crippen LogP contribution < -0.4 is 16.6 Å². The Balaban J connectivity index is 1.48. The van der Waals surface area contributed by atoms with E-state index in [1.807, 2.05) is 27.7 Å². The van der Waals surface area contributed by atoms with E-state index in [2.05, 4.69) is 36.2 Å². The van der Waals surface area contributed by atoms with Gasteiger partial charge in [-0.2, -0.15) is 0 Å². The number of nitrogens with one attached hydrogen (secondary N) is 1. The summed E-state index contributed by atoms with van der Waals surface area (Å²) in [5.74, 6) is 0.236. The van der Waals surface area contributed by atoms with Gasteiger partial charge in [0.15, 0.2) is 0 Å². The van der Waals surface area contributed by atoms with E-state index in [-0.39, 0.29) is 29.0 Å². The highest BCUT2D eigenvalue weighted by molar-refractivity contribution is 9.10. The van der Waals surface area contributed by atoms with Crippen molar-refractivity contribution in [3.8, 4) is 5.69 Å². The summed E-state index contributed by atoms with van der Waals surface area (Å²) in [5.41, 5.74) is 7.06. The van der Waals surface area contributed by atoms with Gasteiger partial charge < -0.3 is 20.7 Å². The number of ether oxygens (including phenoxy) is 1. The first kappa shape index (κ1) is 29.8. The molecular formula is C27H30BrCl2N7O3. The predicted octanol–water partition coefficient (Wildman–Crippen LogP) is 5.84. The van der Waals surface area contributed by atoms with E-state index in [9.17, 15) is 9.59 Å². The van der Waals surface area contributed by atoms with Gasteiger partial charge in [0.25, 0.3) is 5.56 Å². The molecule has 0 aliphatic carbocycles. The molecule has 4 rings (SSSR count). The third-order valence-corrected chi connectivity index (χ3v) is 7.24. The van der Waals surface area contributed by atoms with Gasteiger partial charge in [-0.15, -0.1) is 0 Å². The van der Waals surface area contributed by atoms with Crippen molar-refractivity contribution in [2.45, 2.75) is 52.2 Å². The molecule has 1 aliphatic heterocycles. The van der Waals surface area contributed by atoms with Gasteiger partial charge in [-0.1, -0.05) is 23.2 Å². The fraction of sp³-hybridized carbons (Fsp3) is 0.370. The van der Waals surface area contributed by atoms with Crippen LogP contribution in [0.1, 0.15) is 39.2 Å². The number of aliphatic imine (C=N–C) groups is 1. The first-order chi connectivity index (χ1) is 18.9. The van der Waals surface area contributed by atoms with Gasteiger partial charge in [0.2, 0.25) is 5.95 Å². The number of carbonyl (C=O) groups is 1. The van der Waals surface area contributed by atoms with Crippen LogP contribution in [0, 0.1) is 6.92 Å². The Morgan fingerprint density at radius 1 is 1.25 bits per heavy atom. The molecule has 0 radical (unpaired) electrons. The van der Waals surface area contributed by atoms with Crippen molar-refractivity contribution >= 4 is 68.3 Å². The van der Waals surface area contributed by atoms with Crippen LogP contribution in [0.5, 0.6) is 0 Å². The number of carbonyl (C=O) groups excluding carboxylic acids is 1. The van der Waals surface area contributed by atoms with E-state index in [4.69, 9.17) is 33.7 Å². The molecule has 212 valence electrons. The zero-order valence-electron chi connectivity index (χ0n) is 22.5. The number of hydrogen-bond acceptors (Lipinski definition) is 8. The Morgan fingerprint density at radius 3 is 2.50 bits per heavy atom. The summed E-state index contributed by atoms with van der Waals surface area (Å²) >= 11 is 16.3. The van der Waals surface area contributed by atoms with Gasteiger partial charge in [0.05, 0.1) is 42.8 Å². The fourth-order valence-electron chi connectivity index (χ4n) is 4.19. The summed E-state index contributed by atoms with van der Waals surface area (Å²) in [6.07, 6.45) is 7.09. The number of pyridine rings is 1. The van der Waals surface area contributed by atoms with E-state index < -0.39 is 5.60 Å². The van der Waals surface area contributed by atoms with E-state index in [1.54, 1.807) is 29.4 Å². The van der Waals surface area contributed by atoms with Crippen molar-refractivity contribution in [1.82, 2.24) is 19.4 Å². The molecule has 1 amide bonds. The number of nitrogens with two attached hydrogens (primary N) is 1. The Hall–Kier alpha value is -3.15. The largest absolute Gasteiger partial charge is 0.444 e. The number of benzene rings is 1. The van der Waals surface area contributed by atoms with Crippen LogP contribution in [0.2, 0.25) is 10.0 Å². The third kappa shape index (κ3) is 6.94. The summed E-state index contributed by atoms with van der Waals surface area (Å²) < 4.78 is 7.37. The van der Waals surface area contributed by atoms with Crippen LogP contribution in [0.4, 0.5) is 10.7 Å². The normalized spacial score (nSPS) is 15.2. The summed E-state index contributed by atoms with van der Waals surface area (Å²) in [6.45, 7) is 8.53. The summed E-state index contributed by atoms with van der Waals surface area (Å²) in [7, 11) is 0. The highest BCUT2D eigenvalue weighted by Crippen LogP contribution is 2.31. The lowest BCUT2D eigenvalue weighted by Gasteiger charge is -2.32. The zero-order chi connectivity index (χ0) is 29.2. The molecule has 1 saturated heterocycles. The van der Waals surface area contributed by atoms with E-state index in [1.165, 1.54) is 17.0 Å². The standard InChI is InChI=1S/C27H30BrCl2N7O3/c1-15-9-20(29)23(21(30)10-15)37-14-19(28)22-18(24(37)38)13-33-25(35-22)34-17(11-31)12-32-16-5-7-36(8-6-16)26(39)40-27(2,3)4/h9-14,16H,5-8,31H2,1-4H3,(H,33,34,35). The first-order valence-electron chi connectivity index (χ1n) is 12.6. The highest BCUT2D eigenvalue weighted by Gasteiger charge is 2.26. The molecule has 3 N–H and O–H groups in total. The van der Waals surface area contributed by atoms with E-state index >= 15 is 0 Å². The minimum absolute atomic E-state index is 0.0287. The molecule has 0 bridgehead atoms. The van der Waals surface area contributed by atoms with Gasteiger partial charge in [-0.3, -0.25) is 14.4 Å². The summed E-state index contributed by atoms with van der Waals surface area (Å²) in [5, 5.41) is 4.02. The second kappa shape index (κ2) is 12.2. The van der Waals surface area contributed by atoms with Gasteiger partial charge in [-0.25, -0.2) is 14.8 Å². The third-order valence-electron chi connectivity index (χ3n) is 6.09. The fourth-order valence-corrected chi connectivity index (χ4v) is 5.47. The predicted molar refractivity (Wildman–Crippen MR) is 163 cm³/mol. The van der Waals surface area contributed by atoms with Crippen molar-refractivity contribution in [2.75, 3.05) is 18.4 Å². The monoisotopic (exact) mass is 649 g/mol. The quantitative estimate of drug-likeness (QED) is 0.332. The first-order valence-corrected chi connectivity index (χ1v) is 14.1. The second-order valence-corrected chi connectivity index (χ2v) is 12.1. The number of allylic oxidation sites excluding steroid dienone is 1. The summed E-state index contributed by atoms with van der Waals surface area (Å²) in [6, 6.07) is 3.51. The van der Waals surface area contributed by atoms with Crippen LogP contribution in [0.3, 0.4) is 0 Å². The van der Waals surface area contributed by atoms with Crippen LogP contribution >= 0.6 is 39.1 Å². The zero-order valence-corrected chi connectivity index (χ0v) is 25.6. The number of nitrogens with zero attached hydrogens (tertiary/aromatic N) is 5. The molecule has 0 spiro atoms. The Morgan fingerprint density at radius 2 is 1.90 bits per heavy atom. The number of aromatic nitrogens is 3. The topological polar surface area (TPSA) is 128 Å². The average molecular weight is 651 g/mol. The average Bonchev–Trinajstić information content (AvgIpc) is 2.88. The van der Waals surface area contributed by atoms with Crippen LogP contribution in [0.15, 0.2) is 50.7 Å². The van der Waals surface area contributed by atoms with Crippen LogP contribution in [0.25, 0.3) is 16.6 Å². The SMILES string of the molecule is Cc1cc(Cl)c(-n2cc(Br)c3nc(NC(C=NC4CCN(C(=O)OC(C)(C)C)CC4)=CN)ncc3c2=O)c(Cl)c1. The summed E-state index contributed by atoms with van der Waals surface area (Å²) in [4.78, 5) is 40.7. The molecule has 1 aliphatic rings. The molecule has 10 nitrogen and oxygen atoms in total. The number of piperidine rings is 1. The van der Waals surface area contributed by atoms with Crippen LogP contribution in [-0.4, -0.2) is 56.5 Å². The smallest absolute Gasteiger partial charge is 0.410 e. The van der Waals surface area contributed by atoms with Crippen molar-refractivity contribution in [2.24, 2.45) is 10.7 Å². The Labute approximate surface area is 250 Å². The molecule has 13 heteroatoms. The molecule has 3 heterocycles. The molecule has 0 saturated carbocycles. The van der Waals surface area contributed by atoms with Gasteiger partial charge >= 0.3 is 6.09 Å². The van der Waals surface area contributed by atoms with Gasteiger partial charge in [0, 0.05) is 37.9 Å². The van der Waals surface area contributed by atoms with Crippen molar-refractivity contribution in [3.05, 3.63) is 66.9 Å². The number of fused-ring (bicyclic) bond motifs is 1. The lowest BCUT2D eigenvalue weighted by molar-refractivity contribution is 0.0207. The minimum atomic E-state index is -0.530. The number of likely N-dealkylation sites (tertiary alicyclic amines) is 1. The number of rotatable bonds is 5. The maximum absolute atomic E-state index is 13.3. The van der Waals surface area contributed by atoms with Crippen molar-refractivity contribution in [3.63, 3.8) is 0 Å². The molecule has 1 aromatic carbocycles. The highest BCUT2D eigenvalue weighted by atomic mass is 79.9. The second-order valence-electron chi connectivity index (χ2n) is 10.4. The number of amides is 1. The van der Waals surface area contributed by atoms with Crippen LogP contribution in [-0.2, 0) is 4.74 Å². The van der Waals surface area contributed by atoms with Gasteiger partial charge in [0.1, 0.15) is 5.60 Å². The lowest BCUT2D eigenvalue weighted by Crippen LogP contribution is -2.42. The minimum Gasteiger partial charge on any atom is -0.444 e. The van der Waals surface area contributed by atoms with Crippen molar-refractivity contribution in [1.29, 1.82) is 0 Å². The lowest BCUT2D eigenvalue weighted by atomic mass is 10.1. The molecule has 0 unspecified atom stereocenters. The Kier molecular flexibility index (Phi) is 9.06. The molecule has 2 aromatic heterocycles. The number of hydrogen-bond donors (Lipinski definition) is 2. The molecular weight excluding hydrogens is 621 g/mol. The van der Waals surface area contributed by atoms with Crippen molar-refractivity contribution < 1.29 is 9.53 Å². The maximum atomic E-state index is 13.3. The number of anilines is 1. The molecule has 40 heavy (non-hydrogen) atoms. The number of halogens is 3. The van der Waals surface area contributed by atoms with E-state index in [0.717, 1.165) is 5.56 Å². The number of aryl methyl sites for hydroxylation is 1.